The molecule has 5 rings (SSSR count). The van der Waals surface area contributed by atoms with Crippen molar-refractivity contribution in [2.45, 2.75) is 38.3 Å². The molecule has 0 unspecified atom stereocenters. The number of halogens is 2. The lowest BCUT2D eigenvalue weighted by Crippen LogP contribution is -2.28. The number of amidine groups is 1. The Morgan fingerprint density at radius 3 is 2.72 bits per heavy atom. The first-order chi connectivity index (χ1) is 22.6. The number of ether oxygens (including phenoxy) is 2. The normalized spacial score (nSPS) is 16.1. The number of anilines is 1. The molecule has 3 heterocycles. The van der Waals surface area contributed by atoms with Crippen molar-refractivity contribution in [3.05, 3.63) is 76.6 Å². The lowest BCUT2D eigenvalue weighted by molar-refractivity contribution is -0.122. The smallest absolute Gasteiger partial charge is 0.290 e. The Labute approximate surface area is 276 Å². The van der Waals surface area contributed by atoms with Crippen molar-refractivity contribution in [3.8, 4) is 11.1 Å². The van der Waals surface area contributed by atoms with E-state index in [-0.39, 0.29) is 41.0 Å². The van der Waals surface area contributed by atoms with Gasteiger partial charge in [0.05, 0.1) is 53.5 Å². The summed E-state index contributed by atoms with van der Waals surface area (Å²) in [6.07, 6.45) is 7.82. The summed E-state index contributed by atoms with van der Waals surface area (Å²) in [5.41, 5.74) is 17.8. The van der Waals surface area contributed by atoms with Crippen LogP contribution in [-0.4, -0.2) is 83.5 Å². The van der Waals surface area contributed by atoms with Crippen molar-refractivity contribution < 1.29 is 28.6 Å². The van der Waals surface area contributed by atoms with Gasteiger partial charge in [0.15, 0.2) is 0 Å². The molecule has 250 valence electrons. The van der Waals surface area contributed by atoms with Crippen molar-refractivity contribution in [2.24, 2.45) is 16.5 Å². The van der Waals surface area contributed by atoms with Gasteiger partial charge in [-0.05, 0) is 56.0 Å². The first-order valence-corrected chi connectivity index (χ1v) is 15.3. The molecule has 0 bridgehead atoms. The number of pyridine rings is 1. The predicted octanol–water partition coefficient (Wildman–Crippen LogP) is 3.92. The van der Waals surface area contributed by atoms with Gasteiger partial charge in [-0.15, -0.1) is 0 Å². The second-order valence-electron chi connectivity index (χ2n) is 10.8. The van der Waals surface area contributed by atoms with E-state index in [0.29, 0.717) is 37.6 Å². The van der Waals surface area contributed by atoms with Crippen LogP contribution >= 0.6 is 11.6 Å². The number of nitrogens with one attached hydrogen (secondary N) is 2. The van der Waals surface area contributed by atoms with E-state index in [4.69, 9.17) is 42.4 Å². The largest absolute Gasteiger partial charge is 0.483 e. The highest BCUT2D eigenvalue weighted by Crippen LogP contribution is 2.33. The molecule has 1 aliphatic carbocycles. The fourth-order valence-electron chi connectivity index (χ4n) is 5.22. The minimum absolute atomic E-state index is 0.112. The third kappa shape index (κ3) is 9.23. The minimum atomic E-state index is -0.469. The van der Waals surface area contributed by atoms with Crippen LogP contribution in [0.15, 0.2) is 53.9 Å². The van der Waals surface area contributed by atoms with E-state index in [2.05, 4.69) is 25.7 Å². The van der Waals surface area contributed by atoms with E-state index in [1.807, 2.05) is 19.2 Å². The maximum atomic E-state index is 13.9. The molecule has 2 atom stereocenters. The summed E-state index contributed by atoms with van der Waals surface area (Å²) >= 11 is 6.26. The minimum Gasteiger partial charge on any atom is -0.483 e. The highest BCUT2D eigenvalue weighted by atomic mass is 35.5. The maximum absolute atomic E-state index is 13.9. The maximum Gasteiger partial charge on any atom is 0.290 e. The van der Waals surface area contributed by atoms with Gasteiger partial charge in [-0.25, -0.2) is 13.9 Å². The van der Waals surface area contributed by atoms with Gasteiger partial charge in [0.25, 0.3) is 12.4 Å². The number of hydrogen-bond donors (Lipinski definition) is 5. The number of methoxy groups -OCH3 is 1. The van der Waals surface area contributed by atoms with Crippen LogP contribution in [0.25, 0.3) is 16.6 Å². The molecule has 47 heavy (non-hydrogen) atoms. The predicted molar refractivity (Wildman–Crippen MR) is 178 cm³/mol. The van der Waals surface area contributed by atoms with Gasteiger partial charge < -0.3 is 36.7 Å². The molecule has 0 radical (unpaired) electrons. The molecule has 1 fully saturated rings. The zero-order valence-corrected chi connectivity index (χ0v) is 26.8. The highest BCUT2D eigenvalue weighted by Gasteiger charge is 2.25. The molecule has 1 aromatic carbocycles. The summed E-state index contributed by atoms with van der Waals surface area (Å²) in [6, 6.07) is 7.91. The average Bonchev–Trinajstić information content (AvgIpc) is 3.67. The number of carboxylic acid groups (broad SMARTS) is 1. The summed E-state index contributed by atoms with van der Waals surface area (Å²) < 4.78 is 26.0. The van der Waals surface area contributed by atoms with Crippen LogP contribution in [0.2, 0.25) is 5.02 Å². The van der Waals surface area contributed by atoms with Crippen LogP contribution in [0.5, 0.6) is 0 Å². The van der Waals surface area contributed by atoms with Crippen LogP contribution in [0, 0.1) is 12.7 Å². The standard InChI is InChI=1S/C31H36ClFN8O3.CH2O2/c1-18-11-27(31(42)36-7-8-44-10-9-43-2)37-15-23(18)19-12-28-29(39-22-5-4-21(34)14-22)24(16-38-41(28)17-19)30(35)40-26-13-20(33)3-6-25(26)32;2-1-3/h3,6,11-13,15-17,21-22,39H,4-5,7-10,14,34H2,1-2H3,(H2,35,40)(H,36,42);1H,(H,2,3)/t21-,22+;/m1./s1. The number of rotatable bonds is 12. The Kier molecular flexibility index (Phi) is 12.6. The fraction of sp³-hybridized carbons (Fsp3) is 0.344. The molecular formula is C32H38ClFN8O5. The number of amides is 1. The van der Waals surface area contributed by atoms with Crippen molar-refractivity contribution in [2.75, 3.05) is 38.8 Å². The van der Waals surface area contributed by atoms with Crippen LogP contribution in [0.3, 0.4) is 0 Å². The number of hydrogen-bond acceptors (Lipinski definition) is 9. The first kappa shape index (κ1) is 35.2. The summed E-state index contributed by atoms with van der Waals surface area (Å²) in [6.45, 7) is 3.39. The average molecular weight is 669 g/mol. The Balaban J connectivity index is 0.00000160. The topological polar surface area (TPSA) is 191 Å². The van der Waals surface area contributed by atoms with Crippen LogP contribution in [0.4, 0.5) is 15.8 Å². The Morgan fingerprint density at radius 2 is 2.02 bits per heavy atom. The van der Waals surface area contributed by atoms with Gasteiger partial charge >= 0.3 is 0 Å². The molecule has 13 nitrogen and oxygen atoms in total. The number of carbonyl (C=O) groups excluding carboxylic acids is 1. The van der Waals surface area contributed by atoms with Crippen molar-refractivity contribution in [1.29, 1.82) is 0 Å². The molecule has 1 saturated carbocycles. The van der Waals surface area contributed by atoms with Crippen molar-refractivity contribution in [3.63, 3.8) is 0 Å². The Hall–Kier alpha value is -4.63. The highest BCUT2D eigenvalue weighted by molar-refractivity contribution is 6.33. The van der Waals surface area contributed by atoms with E-state index in [1.165, 1.54) is 18.2 Å². The molecule has 7 N–H and O–H groups in total. The number of nitrogens with zero attached hydrogens (tertiary/aromatic N) is 4. The van der Waals surface area contributed by atoms with E-state index >= 15 is 0 Å². The van der Waals surface area contributed by atoms with Crippen LogP contribution < -0.4 is 22.1 Å². The fourth-order valence-corrected chi connectivity index (χ4v) is 5.38. The molecule has 0 aliphatic heterocycles. The second kappa shape index (κ2) is 16.8. The number of aliphatic imine (C=N–C) groups is 1. The van der Waals surface area contributed by atoms with Gasteiger partial charge in [0, 0.05) is 55.3 Å². The Morgan fingerprint density at radius 1 is 1.23 bits per heavy atom. The summed E-state index contributed by atoms with van der Waals surface area (Å²) in [4.78, 5) is 29.9. The van der Waals surface area contributed by atoms with E-state index in [9.17, 15) is 9.18 Å². The number of carbonyl (C=O) groups is 2. The zero-order valence-electron chi connectivity index (χ0n) is 26.1. The molecule has 0 spiro atoms. The number of benzene rings is 1. The number of aryl methyl sites for hydroxylation is 1. The van der Waals surface area contributed by atoms with Gasteiger partial charge in [0.1, 0.15) is 17.3 Å². The first-order valence-electron chi connectivity index (χ1n) is 14.9. The lowest BCUT2D eigenvalue weighted by atomic mass is 10.0. The van der Waals surface area contributed by atoms with Gasteiger partial charge in [0.2, 0.25) is 0 Å². The zero-order chi connectivity index (χ0) is 33.9. The van der Waals surface area contributed by atoms with Crippen molar-refractivity contribution >= 4 is 46.7 Å². The monoisotopic (exact) mass is 668 g/mol. The summed E-state index contributed by atoms with van der Waals surface area (Å²) in [5.74, 6) is -0.612. The molecule has 15 heteroatoms. The molecule has 4 aromatic rings. The van der Waals surface area contributed by atoms with Crippen molar-refractivity contribution in [1.82, 2.24) is 19.9 Å². The molecule has 1 amide bonds. The molecule has 0 saturated heterocycles. The molecule has 3 aromatic heterocycles. The number of nitrogens with two attached hydrogens (primary N) is 2. The number of fused-ring (bicyclic) bond motifs is 1. The second-order valence-corrected chi connectivity index (χ2v) is 11.3. The third-order valence-corrected chi connectivity index (χ3v) is 7.82. The summed E-state index contributed by atoms with van der Waals surface area (Å²) in [7, 11) is 1.61. The summed E-state index contributed by atoms with van der Waals surface area (Å²) in [5, 5.41) is 18.2. The van der Waals surface area contributed by atoms with Crippen LogP contribution in [0.1, 0.15) is 40.9 Å². The number of aromatic nitrogens is 3. The van der Waals surface area contributed by atoms with E-state index in [1.54, 1.807) is 30.1 Å². The molecular weight excluding hydrogens is 631 g/mol. The quantitative estimate of drug-likeness (QED) is 0.0640. The van der Waals surface area contributed by atoms with Crippen LogP contribution in [-0.2, 0) is 14.3 Å². The van der Waals surface area contributed by atoms with E-state index in [0.717, 1.165) is 47.2 Å². The lowest BCUT2D eigenvalue weighted by Gasteiger charge is -2.18. The van der Waals surface area contributed by atoms with Gasteiger partial charge in [-0.3, -0.25) is 14.6 Å². The molecule has 1 aliphatic rings. The Bertz CT molecular complexity index is 1730. The third-order valence-electron chi connectivity index (χ3n) is 7.50. The van der Waals surface area contributed by atoms with Gasteiger partial charge in [-0.1, -0.05) is 11.6 Å². The SMILES string of the molecule is COCCOCCNC(=O)c1cc(C)c(-c2cc3c(N[C@H]4CC[C@@H](N)C4)c(C(N)=Nc4cc(F)ccc4Cl)cnn3c2)cn1.O=CO. The van der Waals surface area contributed by atoms with Gasteiger partial charge in [-0.2, -0.15) is 5.10 Å². The van der Waals surface area contributed by atoms with E-state index < -0.39 is 5.82 Å².